The van der Waals surface area contributed by atoms with Gasteiger partial charge in [0.1, 0.15) is 22.5 Å². The van der Waals surface area contributed by atoms with Gasteiger partial charge in [0.2, 0.25) is 11.7 Å². The van der Waals surface area contributed by atoms with E-state index >= 15 is 0 Å². The average Bonchev–Trinajstić information content (AvgIpc) is 3.83. The highest BCUT2D eigenvalue weighted by Crippen LogP contribution is 2.33. The second-order valence-corrected chi connectivity index (χ2v) is 12.9. The highest BCUT2D eigenvalue weighted by atomic mass is 32.2. The summed E-state index contributed by atoms with van der Waals surface area (Å²) in [4.78, 5) is 49.7. The molecule has 1 aromatic heterocycles. The minimum Gasteiger partial charge on any atom is -0.496 e. The van der Waals surface area contributed by atoms with E-state index in [0.717, 1.165) is 22.9 Å². The molecule has 3 aromatic rings. The first kappa shape index (κ1) is 31.8. The van der Waals surface area contributed by atoms with Crippen LogP contribution in [0.25, 0.3) is 10.9 Å². The molecule has 1 fully saturated rings. The van der Waals surface area contributed by atoms with Crippen molar-refractivity contribution in [3.8, 4) is 5.75 Å². The fourth-order valence-electron chi connectivity index (χ4n) is 6.28. The van der Waals surface area contributed by atoms with Crippen LogP contribution < -0.4 is 20.7 Å². The topological polar surface area (TPSA) is 134 Å². The van der Waals surface area contributed by atoms with Gasteiger partial charge in [-0.15, -0.1) is 0 Å². The highest BCUT2D eigenvalue weighted by Gasteiger charge is 2.39. The number of aromatic nitrogens is 1. The minimum absolute atomic E-state index is 0.0622. The number of aromatic amines is 1. The maximum atomic E-state index is 14.1. The largest absolute Gasteiger partial charge is 0.496 e. The molecule has 0 bridgehead atoms. The van der Waals surface area contributed by atoms with Crippen LogP contribution in [0.3, 0.4) is 0 Å². The van der Waals surface area contributed by atoms with Crippen LogP contribution in [0.1, 0.15) is 28.9 Å². The normalized spacial score (nSPS) is 23.0. The van der Waals surface area contributed by atoms with E-state index < -0.39 is 23.9 Å². The summed E-state index contributed by atoms with van der Waals surface area (Å²) in [5.74, 6) is -0.377. The van der Waals surface area contributed by atoms with E-state index in [1.807, 2.05) is 79.9 Å². The van der Waals surface area contributed by atoms with Crippen LogP contribution in [0.2, 0.25) is 0 Å². The second kappa shape index (κ2) is 14.5. The maximum Gasteiger partial charge on any atom is 0.268 e. The number of hydrogen-bond acceptors (Lipinski definition) is 8. The fourth-order valence-corrected chi connectivity index (χ4v) is 7.44. The molecule has 2 amide bonds. The molecule has 2 aliphatic heterocycles. The number of hydrogen-bond donors (Lipinski definition) is 4. The van der Waals surface area contributed by atoms with Crippen molar-refractivity contribution in [1.29, 1.82) is 0 Å². The summed E-state index contributed by atoms with van der Waals surface area (Å²) in [7, 11) is 3.45. The summed E-state index contributed by atoms with van der Waals surface area (Å²) in [6.45, 7) is 1.25. The number of ether oxygens (including phenoxy) is 2. The summed E-state index contributed by atoms with van der Waals surface area (Å²) >= 11 is 1.43. The molecule has 2 aromatic carbocycles. The Bertz CT molecular complexity index is 1670. The van der Waals surface area contributed by atoms with Crippen molar-refractivity contribution < 1.29 is 23.9 Å². The minimum atomic E-state index is -0.946. The molecule has 4 N–H and O–H groups in total. The van der Waals surface area contributed by atoms with Gasteiger partial charge < -0.3 is 30.4 Å². The Labute approximate surface area is 272 Å². The molecule has 3 heterocycles. The van der Waals surface area contributed by atoms with Crippen LogP contribution in [0.15, 0.2) is 83.9 Å². The van der Waals surface area contributed by atoms with Gasteiger partial charge in [0.25, 0.3) is 5.91 Å². The molecule has 0 radical (unpaired) electrons. The molecule has 6 rings (SSSR count). The van der Waals surface area contributed by atoms with Gasteiger partial charge in [-0.25, -0.2) is 0 Å². The molecule has 1 aliphatic carbocycles. The number of ketones is 1. The monoisotopic (exact) mass is 641 g/mol. The first-order chi connectivity index (χ1) is 22.4. The molecule has 240 valence electrons. The third-order valence-corrected chi connectivity index (χ3v) is 9.94. The quantitative estimate of drug-likeness (QED) is 0.224. The molecule has 4 unspecified atom stereocenters. The predicted molar refractivity (Wildman–Crippen MR) is 180 cm³/mol. The highest BCUT2D eigenvalue weighted by molar-refractivity contribution is 8.16. The summed E-state index contributed by atoms with van der Waals surface area (Å²) in [6.07, 6.45) is 9.32. The van der Waals surface area contributed by atoms with Crippen LogP contribution in [-0.4, -0.2) is 84.4 Å². The van der Waals surface area contributed by atoms with Crippen molar-refractivity contribution in [3.63, 3.8) is 0 Å². The smallest absolute Gasteiger partial charge is 0.268 e. The van der Waals surface area contributed by atoms with Crippen molar-refractivity contribution in [3.05, 3.63) is 90.2 Å². The third-order valence-electron chi connectivity index (χ3n) is 8.70. The van der Waals surface area contributed by atoms with Gasteiger partial charge in [0.15, 0.2) is 0 Å². The maximum absolute atomic E-state index is 14.1. The van der Waals surface area contributed by atoms with Gasteiger partial charge in [-0.05, 0) is 49.6 Å². The molecule has 46 heavy (non-hydrogen) atoms. The van der Waals surface area contributed by atoms with Crippen molar-refractivity contribution in [1.82, 2.24) is 20.9 Å². The van der Waals surface area contributed by atoms with E-state index in [-0.39, 0.29) is 35.5 Å². The lowest BCUT2D eigenvalue weighted by Crippen LogP contribution is -2.54. The fraction of sp³-hybridized carbons (Fsp3) is 0.371. The molecular formula is C35H39N5O5S. The number of nitrogens with zero attached hydrogens (tertiary/aromatic N) is 1. The number of nitrogens with one attached hydrogen (secondary N) is 4. The van der Waals surface area contributed by atoms with Gasteiger partial charge in [0.05, 0.1) is 30.5 Å². The first-order valence-electron chi connectivity index (χ1n) is 15.6. The Morgan fingerprint density at radius 3 is 2.67 bits per heavy atom. The SMILES string of the molecule is CNCC1OCCC1C[C@H](NC(=O)[C@H](Cc1ccccc1)NC(=O)c1cc2c(OC)cccc2[nH]1)C(=O)C1=NC2C=CC=CC2S1. The van der Waals surface area contributed by atoms with Crippen molar-refractivity contribution in [2.24, 2.45) is 10.9 Å². The molecule has 3 aliphatic rings. The van der Waals surface area contributed by atoms with E-state index in [9.17, 15) is 14.4 Å². The number of H-pyrrole nitrogens is 1. The number of allylic oxidation sites excluding steroid dienone is 2. The van der Waals surface area contributed by atoms with Crippen LogP contribution in [0.5, 0.6) is 5.75 Å². The third kappa shape index (κ3) is 7.11. The number of carbonyl (C=O) groups is 3. The molecular weight excluding hydrogens is 602 g/mol. The zero-order chi connectivity index (χ0) is 32.0. The van der Waals surface area contributed by atoms with E-state index in [0.29, 0.717) is 36.1 Å². The Balaban J connectivity index is 1.25. The van der Waals surface area contributed by atoms with Gasteiger partial charge in [-0.3, -0.25) is 19.4 Å². The Morgan fingerprint density at radius 2 is 1.89 bits per heavy atom. The number of Topliss-reactive ketones (excluding diaryl/α,β-unsaturated/α-hetero) is 1. The summed E-state index contributed by atoms with van der Waals surface area (Å²) < 4.78 is 11.4. The number of methoxy groups -OCH3 is 1. The van der Waals surface area contributed by atoms with Crippen molar-refractivity contribution >= 4 is 45.3 Å². The first-order valence-corrected chi connectivity index (χ1v) is 16.5. The number of rotatable bonds is 13. The van der Waals surface area contributed by atoms with Crippen molar-refractivity contribution in [2.75, 3.05) is 27.3 Å². The molecule has 6 atom stereocenters. The lowest BCUT2D eigenvalue weighted by atomic mass is 9.91. The van der Waals surface area contributed by atoms with Crippen molar-refractivity contribution in [2.45, 2.75) is 48.7 Å². The number of benzene rings is 2. The van der Waals surface area contributed by atoms with Gasteiger partial charge >= 0.3 is 0 Å². The van der Waals surface area contributed by atoms with Gasteiger partial charge in [-0.1, -0.05) is 72.5 Å². The van der Waals surface area contributed by atoms with Crippen LogP contribution in [0.4, 0.5) is 0 Å². The zero-order valence-electron chi connectivity index (χ0n) is 25.9. The predicted octanol–water partition coefficient (Wildman–Crippen LogP) is 3.59. The zero-order valence-corrected chi connectivity index (χ0v) is 26.7. The van der Waals surface area contributed by atoms with Crippen LogP contribution in [-0.2, 0) is 20.7 Å². The number of amides is 2. The Hall–Kier alpha value is -4.19. The van der Waals surface area contributed by atoms with Crippen LogP contribution >= 0.6 is 11.8 Å². The lowest BCUT2D eigenvalue weighted by molar-refractivity contribution is -0.127. The van der Waals surface area contributed by atoms with E-state index in [1.54, 1.807) is 13.2 Å². The molecule has 10 nitrogen and oxygen atoms in total. The summed E-state index contributed by atoms with van der Waals surface area (Å²) in [6, 6.07) is 14.9. The Kier molecular flexibility index (Phi) is 10.0. The lowest BCUT2D eigenvalue weighted by Gasteiger charge is -2.26. The Morgan fingerprint density at radius 1 is 1.07 bits per heavy atom. The number of likely N-dealkylation sites (N-methyl/N-ethyl adjacent to an activating group) is 1. The number of aliphatic imine (C=N–C) groups is 1. The summed E-state index contributed by atoms with van der Waals surface area (Å²) in [5.41, 5.74) is 1.92. The number of thioether (sulfide) groups is 1. The summed E-state index contributed by atoms with van der Waals surface area (Å²) in [5, 5.41) is 10.4. The second-order valence-electron chi connectivity index (χ2n) is 11.8. The molecule has 1 saturated heterocycles. The number of carbonyl (C=O) groups excluding carboxylic acids is 3. The van der Waals surface area contributed by atoms with Gasteiger partial charge in [-0.2, -0.15) is 0 Å². The van der Waals surface area contributed by atoms with E-state index in [1.165, 1.54) is 11.8 Å². The standard InChI is InChI=1S/C35H39N5O5S/c1-36-20-30-22(15-16-45-30)18-26(32(41)35-40-25-11-6-7-14-31(25)46-35)38-33(42)27(17-21-9-4-3-5-10-21)39-34(43)28-19-23-24(37-28)12-8-13-29(23)44-2/h3-14,19,22,25-27,30-31,36-37H,15-18,20H2,1-2H3,(H,38,42)(H,39,43)/t22?,25?,26-,27-,30?,31?/m0/s1. The van der Waals surface area contributed by atoms with E-state index in [2.05, 4.69) is 20.9 Å². The number of fused-ring (bicyclic) bond motifs is 2. The average molecular weight is 642 g/mol. The van der Waals surface area contributed by atoms with Gasteiger partial charge in [0, 0.05) is 30.5 Å². The molecule has 11 heteroatoms. The molecule has 0 spiro atoms. The van der Waals surface area contributed by atoms with Crippen LogP contribution in [0, 0.1) is 5.92 Å². The molecule has 0 saturated carbocycles. The van der Waals surface area contributed by atoms with E-state index in [4.69, 9.17) is 14.5 Å².